The molecular weight excluding hydrogens is 830 g/mol. The van der Waals surface area contributed by atoms with Gasteiger partial charge >= 0.3 is 0 Å². The number of halogens is 5. The zero-order valence-electron chi connectivity index (χ0n) is 27.1. The van der Waals surface area contributed by atoms with Gasteiger partial charge in [-0.25, -0.2) is 8.78 Å². The predicted octanol–water partition coefficient (Wildman–Crippen LogP) is 7.87. The molecule has 0 fully saturated rings. The van der Waals surface area contributed by atoms with Crippen molar-refractivity contribution in [2.24, 2.45) is 0 Å². The average molecular weight is 863 g/mol. The fourth-order valence-electron chi connectivity index (χ4n) is 5.25. The first-order chi connectivity index (χ1) is 23.2. The van der Waals surface area contributed by atoms with E-state index in [0.717, 1.165) is 41.0 Å². The summed E-state index contributed by atoms with van der Waals surface area (Å²) in [6.07, 6.45) is 2.88. The van der Waals surface area contributed by atoms with E-state index in [1.807, 2.05) is 62.3 Å². The molecule has 4 aromatic carbocycles. The summed E-state index contributed by atoms with van der Waals surface area (Å²) in [7, 11) is 7.90. The van der Waals surface area contributed by atoms with Crippen molar-refractivity contribution < 1.29 is 28.0 Å². The minimum atomic E-state index is -0.496. The summed E-state index contributed by atoms with van der Waals surface area (Å²) < 4.78 is 27.6. The maximum absolute atomic E-state index is 13.8. The Labute approximate surface area is 308 Å². The quantitative estimate of drug-likeness (QED) is 0.206. The van der Waals surface area contributed by atoms with Crippen LogP contribution in [-0.2, 0) is 12.8 Å². The van der Waals surface area contributed by atoms with E-state index in [1.54, 1.807) is 6.07 Å². The topological polar surface area (TPSA) is 90.0 Å². The van der Waals surface area contributed by atoms with Crippen molar-refractivity contribution in [2.75, 3.05) is 56.0 Å². The third-order valence-electron chi connectivity index (χ3n) is 7.86. The molecular formula is C36H33Br3F2N4O4. The number of benzene rings is 4. The largest absolute Gasteiger partial charge is 0.378 e. The first-order valence-corrected chi connectivity index (χ1v) is 17.4. The normalized spacial score (nSPS) is 13.0. The van der Waals surface area contributed by atoms with Crippen molar-refractivity contribution in [2.45, 2.75) is 12.8 Å². The first kappa shape index (κ1) is 37.9. The number of carbonyl (C=O) groups excluding carboxylic acids is 4. The zero-order chi connectivity index (χ0) is 36.0. The van der Waals surface area contributed by atoms with Gasteiger partial charge in [0, 0.05) is 82.8 Å². The Kier molecular flexibility index (Phi) is 12.9. The van der Waals surface area contributed by atoms with Crippen LogP contribution in [0, 0.1) is 11.6 Å². The van der Waals surface area contributed by atoms with Gasteiger partial charge < -0.3 is 20.0 Å². The van der Waals surface area contributed by atoms with Crippen molar-refractivity contribution in [3.8, 4) is 0 Å². The monoisotopic (exact) mass is 860 g/mol. The van der Waals surface area contributed by atoms with E-state index in [4.69, 9.17) is 0 Å². The van der Waals surface area contributed by atoms with Crippen LogP contribution in [0.5, 0.6) is 0 Å². The van der Waals surface area contributed by atoms with Gasteiger partial charge in [0.1, 0.15) is 11.6 Å². The molecule has 0 atom stereocenters. The maximum atomic E-state index is 13.8. The molecule has 6 rings (SSSR count). The number of nitrogens with zero attached hydrogens (tertiary/aromatic N) is 3. The van der Waals surface area contributed by atoms with Crippen molar-refractivity contribution in [3.63, 3.8) is 0 Å². The summed E-state index contributed by atoms with van der Waals surface area (Å²) in [5.74, 6) is -1.04. The molecule has 2 aliphatic rings. The lowest BCUT2D eigenvalue weighted by Crippen LogP contribution is -2.38. The number of fused-ring (bicyclic) bond motifs is 2. The van der Waals surface area contributed by atoms with Gasteiger partial charge in [0.25, 0.3) is 11.8 Å². The molecule has 2 heterocycles. The number of carbonyl (C=O) groups is 4. The third-order valence-corrected chi connectivity index (χ3v) is 9.83. The van der Waals surface area contributed by atoms with Crippen LogP contribution in [0.1, 0.15) is 52.6 Å². The van der Waals surface area contributed by atoms with E-state index < -0.39 is 5.82 Å². The van der Waals surface area contributed by atoms with Crippen LogP contribution < -0.4 is 20.0 Å². The number of aldehydes is 2. The van der Waals surface area contributed by atoms with E-state index in [2.05, 4.69) is 59.2 Å². The van der Waals surface area contributed by atoms with Gasteiger partial charge in [-0.3, -0.25) is 19.2 Å². The van der Waals surface area contributed by atoms with Crippen LogP contribution in [-0.4, -0.2) is 65.7 Å². The second kappa shape index (κ2) is 16.6. The minimum absolute atomic E-state index is 0.0524. The van der Waals surface area contributed by atoms with Crippen molar-refractivity contribution in [1.82, 2.24) is 5.32 Å². The summed E-state index contributed by atoms with van der Waals surface area (Å²) in [4.78, 5) is 51.5. The van der Waals surface area contributed by atoms with Gasteiger partial charge in [-0.15, -0.1) is 0 Å². The van der Waals surface area contributed by atoms with Crippen LogP contribution >= 0.6 is 47.8 Å². The summed E-state index contributed by atoms with van der Waals surface area (Å²) in [6, 6.07) is 16.6. The van der Waals surface area contributed by atoms with Crippen LogP contribution in [0.4, 0.5) is 25.8 Å². The van der Waals surface area contributed by atoms with E-state index >= 15 is 0 Å². The molecule has 49 heavy (non-hydrogen) atoms. The van der Waals surface area contributed by atoms with Gasteiger partial charge in [-0.2, -0.15) is 0 Å². The van der Waals surface area contributed by atoms with Gasteiger partial charge in [-0.1, -0.05) is 0 Å². The molecule has 13 heteroatoms. The Bertz CT molecular complexity index is 1900. The molecule has 256 valence electrons. The second-order valence-electron chi connectivity index (χ2n) is 11.5. The molecule has 0 saturated carbocycles. The van der Waals surface area contributed by atoms with Crippen molar-refractivity contribution in [3.05, 3.63) is 119 Å². The molecule has 0 aromatic heterocycles. The van der Waals surface area contributed by atoms with E-state index in [1.165, 1.54) is 29.2 Å². The molecule has 0 bridgehead atoms. The number of amides is 2. The highest BCUT2D eigenvalue weighted by molar-refractivity contribution is 9.11. The highest BCUT2D eigenvalue weighted by atomic mass is 79.9. The standard InChI is InChI=1S/C18H16BrFN2O2.C11H14N2O.C7H3Br2FO/c1-21(2)13-3-4-14-11(7-13)5-6-22(18(14)24)17-9-12(20)8-16(19)15(17)10-23;1-13(2)9-3-4-10-8(7-9)5-6-12-11(10)14;8-6-1-4(10)2-7(9)5(6)3-11/h3-4,7-10H,5-6H2,1-2H3;3-4,7H,5-6H2,1-2H3,(H,12,14);1-3H. The lowest BCUT2D eigenvalue weighted by Gasteiger charge is -2.30. The molecule has 0 saturated heterocycles. The van der Waals surface area contributed by atoms with E-state index in [-0.39, 0.29) is 23.2 Å². The van der Waals surface area contributed by atoms with Crippen molar-refractivity contribution in [1.29, 1.82) is 0 Å². The number of nitrogens with one attached hydrogen (secondary N) is 1. The third kappa shape index (κ3) is 9.00. The number of hydrogen-bond donors (Lipinski definition) is 1. The molecule has 0 spiro atoms. The Balaban J connectivity index is 0.000000183. The van der Waals surface area contributed by atoms with E-state index in [0.29, 0.717) is 55.8 Å². The molecule has 0 radical (unpaired) electrons. The van der Waals surface area contributed by atoms with Crippen LogP contribution in [0.3, 0.4) is 0 Å². The highest BCUT2D eigenvalue weighted by Gasteiger charge is 2.28. The summed E-state index contributed by atoms with van der Waals surface area (Å²) in [6.45, 7) is 1.15. The summed E-state index contributed by atoms with van der Waals surface area (Å²) in [5.41, 5.74) is 6.70. The Morgan fingerprint density at radius 2 is 1.18 bits per heavy atom. The lowest BCUT2D eigenvalue weighted by molar-refractivity contribution is 0.0943. The SMILES string of the molecule is CN(C)c1ccc2c(c1)CCN(c1cc(F)cc(Br)c1C=O)C2=O.CN(C)c1ccc2c(c1)CCNC2=O.O=Cc1c(Br)cc(F)cc1Br. The molecule has 2 amide bonds. The fraction of sp³-hybridized carbons (Fsp3) is 0.222. The highest BCUT2D eigenvalue weighted by Crippen LogP contribution is 2.33. The lowest BCUT2D eigenvalue weighted by atomic mass is 9.97. The zero-order valence-corrected chi connectivity index (χ0v) is 31.9. The molecule has 4 aromatic rings. The summed E-state index contributed by atoms with van der Waals surface area (Å²) in [5, 5.41) is 2.83. The number of hydrogen-bond acceptors (Lipinski definition) is 6. The maximum Gasteiger partial charge on any atom is 0.258 e. The Morgan fingerprint density at radius 3 is 1.71 bits per heavy atom. The van der Waals surface area contributed by atoms with Gasteiger partial charge in [-0.05, 0) is 132 Å². The van der Waals surface area contributed by atoms with E-state index in [9.17, 15) is 28.0 Å². The van der Waals surface area contributed by atoms with Crippen LogP contribution in [0.2, 0.25) is 0 Å². The second-order valence-corrected chi connectivity index (χ2v) is 14.1. The predicted molar refractivity (Wildman–Crippen MR) is 200 cm³/mol. The summed E-state index contributed by atoms with van der Waals surface area (Å²) >= 11 is 9.30. The molecule has 1 N–H and O–H groups in total. The number of anilines is 3. The molecule has 8 nitrogen and oxygen atoms in total. The Hall–Kier alpha value is -3.94. The van der Waals surface area contributed by atoms with Crippen molar-refractivity contribution >= 4 is 89.2 Å². The molecule has 0 aliphatic carbocycles. The van der Waals surface area contributed by atoms with Crippen LogP contribution in [0.15, 0.2) is 74.1 Å². The minimum Gasteiger partial charge on any atom is -0.378 e. The average Bonchev–Trinajstić information content (AvgIpc) is 3.05. The van der Waals surface area contributed by atoms with Gasteiger partial charge in [0.15, 0.2) is 12.6 Å². The number of rotatable bonds is 5. The Morgan fingerprint density at radius 1 is 0.694 bits per heavy atom. The first-order valence-electron chi connectivity index (χ1n) is 15.0. The fourth-order valence-corrected chi connectivity index (χ4v) is 7.09. The van der Waals surface area contributed by atoms with Gasteiger partial charge in [0.2, 0.25) is 0 Å². The van der Waals surface area contributed by atoms with Gasteiger partial charge in [0.05, 0.1) is 11.3 Å². The van der Waals surface area contributed by atoms with Crippen LogP contribution in [0.25, 0.3) is 0 Å². The molecule has 0 unspecified atom stereocenters. The smallest absolute Gasteiger partial charge is 0.258 e. The molecule has 2 aliphatic heterocycles.